The number of carbonyl (C=O) groups excluding carboxylic acids is 1. The van der Waals surface area contributed by atoms with Crippen LogP contribution in [0.15, 0.2) is 48.5 Å². The fourth-order valence-corrected chi connectivity index (χ4v) is 4.85. The van der Waals surface area contributed by atoms with Gasteiger partial charge in [-0.1, -0.05) is 95.9 Å². The summed E-state index contributed by atoms with van der Waals surface area (Å²) in [6.45, 7) is 4.45. The molecule has 1 aliphatic carbocycles. The maximum absolute atomic E-state index is 12.4. The third-order valence-corrected chi connectivity index (χ3v) is 6.89. The molecule has 0 aliphatic heterocycles. The van der Waals surface area contributed by atoms with Gasteiger partial charge in [-0.15, -0.1) is 0 Å². The van der Waals surface area contributed by atoms with Gasteiger partial charge in [0, 0.05) is 0 Å². The SMILES string of the molecule is CCCCC[C@H]1CC[C@H](CCc2ccc(C(=O)Oc3ccc(CCC)cc3)cc2)CC1. The number of rotatable bonds is 11. The first-order chi connectivity index (χ1) is 15.2. The third kappa shape index (κ3) is 7.83. The number of hydrogen-bond acceptors (Lipinski definition) is 2. The molecular weight excluding hydrogens is 380 g/mol. The van der Waals surface area contributed by atoms with Gasteiger partial charge < -0.3 is 4.74 Å². The van der Waals surface area contributed by atoms with Crippen LogP contribution in [0.3, 0.4) is 0 Å². The molecule has 1 saturated carbocycles. The molecular formula is C29H40O2. The highest BCUT2D eigenvalue weighted by Crippen LogP contribution is 2.34. The van der Waals surface area contributed by atoms with Gasteiger partial charge in [0.15, 0.2) is 0 Å². The molecule has 2 aromatic carbocycles. The first-order valence-corrected chi connectivity index (χ1v) is 12.6. The highest BCUT2D eigenvalue weighted by Gasteiger charge is 2.20. The minimum Gasteiger partial charge on any atom is -0.423 e. The largest absolute Gasteiger partial charge is 0.423 e. The van der Waals surface area contributed by atoms with Gasteiger partial charge in [0.2, 0.25) is 0 Å². The molecule has 0 bridgehead atoms. The van der Waals surface area contributed by atoms with Crippen LogP contribution in [0, 0.1) is 11.8 Å². The van der Waals surface area contributed by atoms with Crippen LogP contribution in [0.25, 0.3) is 0 Å². The standard InChI is InChI=1S/C29H40O2/c1-3-5-6-8-24-9-11-25(12-10-24)13-14-26-15-19-27(20-16-26)29(30)31-28-21-17-23(7-4-2)18-22-28/h15-22,24-25H,3-14H2,1-2H3/t24-,25-. The lowest BCUT2D eigenvalue weighted by atomic mass is 9.78. The predicted molar refractivity (Wildman–Crippen MR) is 130 cm³/mol. The topological polar surface area (TPSA) is 26.3 Å². The lowest BCUT2D eigenvalue weighted by Crippen LogP contribution is -2.15. The Kier molecular flexibility index (Phi) is 9.65. The van der Waals surface area contributed by atoms with E-state index < -0.39 is 0 Å². The van der Waals surface area contributed by atoms with E-state index in [2.05, 4.69) is 26.0 Å². The number of carbonyl (C=O) groups is 1. The summed E-state index contributed by atoms with van der Waals surface area (Å²) in [6.07, 6.45) is 15.8. The first kappa shape index (κ1) is 23.6. The molecule has 0 unspecified atom stereocenters. The van der Waals surface area contributed by atoms with E-state index in [0.717, 1.165) is 31.1 Å². The van der Waals surface area contributed by atoms with Gasteiger partial charge in [0.25, 0.3) is 0 Å². The van der Waals surface area contributed by atoms with Crippen molar-refractivity contribution in [1.82, 2.24) is 0 Å². The van der Waals surface area contributed by atoms with Crippen LogP contribution in [0.2, 0.25) is 0 Å². The molecule has 1 fully saturated rings. The smallest absolute Gasteiger partial charge is 0.343 e. The van der Waals surface area contributed by atoms with Crippen molar-refractivity contribution in [1.29, 1.82) is 0 Å². The second kappa shape index (κ2) is 12.7. The predicted octanol–water partition coefficient (Wildman–Crippen LogP) is 8.18. The van der Waals surface area contributed by atoms with E-state index in [9.17, 15) is 4.79 Å². The van der Waals surface area contributed by atoms with Crippen molar-refractivity contribution < 1.29 is 9.53 Å². The van der Waals surface area contributed by atoms with Crippen molar-refractivity contribution in [2.24, 2.45) is 11.8 Å². The summed E-state index contributed by atoms with van der Waals surface area (Å²) in [5, 5.41) is 0. The van der Waals surface area contributed by atoms with E-state index in [1.165, 1.54) is 68.9 Å². The molecule has 2 aromatic rings. The van der Waals surface area contributed by atoms with Crippen LogP contribution >= 0.6 is 0 Å². The van der Waals surface area contributed by atoms with Crippen LogP contribution in [-0.2, 0) is 12.8 Å². The summed E-state index contributed by atoms with van der Waals surface area (Å²) < 4.78 is 5.53. The zero-order chi connectivity index (χ0) is 21.9. The van der Waals surface area contributed by atoms with Crippen LogP contribution in [0.5, 0.6) is 5.75 Å². The number of unbranched alkanes of at least 4 members (excludes halogenated alkanes) is 2. The molecule has 168 valence electrons. The quantitative estimate of drug-likeness (QED) is 0.208. The van der Waals surface area contributed by atoms with Crippen LogP contribution < -0.4 is 4.74 Å². The van der Waals surface area contributed by atoms with E-state index in [1.54, 1.807) is 0 Å². The second-order valence-corrected chi connectivity index (χ2v) is 9.40. The summed E-state index contributed by atoms with van der Waals surface area (Å²) in [7, 11) is 0. The Labute approximate surface area is 189 Å². The number of aryl methyl sites for hydroxylation is 2. The molecule has 0 atom stereocenters. The Morgan fingerprint density at radius 2 is 1.32 bits per heavy atom. The van der Waals surface area contributed by atoms with Gasteiger partial charge in [-0.25, -0.2) is 4.79 Å². The molecule has 2 heteroatoms. The van der Waals surface area contributed by atoms with E-state index in [1.807, 2.05) is 36.4 Å². The minimum absolute atomic E-state index is 0.281. The van der Waals surface area contributed by atoms with Gasteiger partial charge in [-0.3, -0.25) is 0 Å². The Bertz CT molecular complexity index is 767. The van der Waals surface area contributed by atoms with Gasteiger partial charge >= 0.3 is 5.97 Å². The maximum atomic E-state index is 12.4. The molecule has 0 heterocycles. The Morgan fingerprint density at radius 1 is 0.742 bits per heavy atom. The van der Waals surface area contributed by atoms with E-state index in [4.69, 9.17) is 4.74 Å². The summed E-state index contributed by atoms with van der Waals surface area (Å²) in [4.78, 5) is 12.4. The molecule has 0 N–H and O–H groups in total. The molecule has 0 radical (unpaired) electrons. The summed E-state index contributed by atoms with van der Waals surface area (Å²) in [6, 6.07) is 15.9. The molecule has 3 rings (SSSR count). The molecule has 1 aliphatic rings. The Balaban J connectivity index is 1.40. The summed E-state index contributed by atoms with van der Waals surface area (Å²) in [5.74, 6) is 2.19. The van der Waals surface area contributed by atoms with E-state index in [-0.39, 0.29) is 5.97 Å². The van der Waals surface area contributed by atoms with Crippen molar-refractivity contribution in [3.8, 4) is 5.75 Å². The average Bonchev–Trinajstić information content (AvgIpc) is 2.80. The lowest BCUT2D eigenvalue weighted by molar-refractivity contribution is 0.0734. The maximum Gasteiger partial charge on any atom is 0.343 e. The molecule has 0 saturated heterocycles. The summed E-state index contributed by atoms with van der Waals surface area (Å²) >= 11 is 0. The normalized spacial score (nSPS) is 18.6. The highest BCUT2D eigenvalue weighted by atomic mass is 16.5. The lowest BCUT2D eigenvalue weighted by Gasteiger charge is -2.28. The monoisotopic (exact) mass is 420 g/mol. The van der Waals surface area contributed by atoms with Crippen molar-refractivity contribution >= 4 is 5.97 Å². The van der Waals surface area contributed by atoms with Crippen molar-refractivity contribution in [2.75, 3.05) is 0 Å². The van der Waals surface area contributed by atoms with Gasteiger partial charge in [-0.2, -0.15) is 0 Å². The molecule has 2 nitrogen and oxygen atoms in total. The highest BCUT2D eigenvalue weighted by molar-refractivity contribution is 5.91. The fraction of sp³-hybridized carbons (Fsp3) is 0.552. The minimum atomic E-state index is -0.281. The number of hydrogen-bond donors (Lipinski definition) is 0. The second-order valence-electron chi connectivity index (χ2n) is 9.40. The Morgan fingerprint density at radius 3 is 1.94 bits per heavy atom. The van der Waals surface area contributed by atoms with Crippen LogP contribution in [0.1, 0.15) is 99.5 Å². The van der Waals surface area contributed by atoms with Crippen molar-refractivity contribution in [2.45, 2.75) is 90.9 Å². The molecule has 0 aromatic heterocycles. The van der Waals surface area contributed by atoms with E-state index >= 15 is 0 Å². The van der Waals surface area contributed by atoms with Crippen molar-refractivity contribution in [3.63, 3.8) is 0 Å². The molecule has 0 amide bonds. The van der Waals surface area contributed by atoms with E-state index in [0.29, 0.717) is 11.3 Å². The number of benzene rings is 2. The molecule has 0 spiro atoms. The Hall–Kier alpha value is -2.09. The zero-order valence-corrected chi connectivity index (χ0v) is 19.6. The van der Waals surface area contributed by atoms with Crippen LogP contribution in [0.4, 0.5) is 0 Å². The number of ether oxygens (including phenoxy) is 1. The third-order valence-electron chi connectivity index (χ3n) is 6.89. The van der Waals surface area contributed by atoms with Crippen molar-refractivity contribution in [3.05, 3.63) is 65.2 Å². The fourth-order valence-electron chi connectivity index (χ4n) is 4.85. The molecule has 31 heavy (non-hydrogen) atoms. The zero-order valence-electron chi connectivity index (χ0n) is 19.6. The van der Waals surface area contributed by atoms with Gasteiger partial charge in [0.05, 0.1) is 5.56 Å². The van der Waals surface area contributed by atoms with Crippen LogP contribution in [-0.4, -0.2) is 5.97 Å². The van der Waals surface area contributed by atoms with Gasteiger partial charge in [0.1, 0.15) is 5.75 Å². The first-order valence-electron chi connectivity index (χ1n) is 12.6. The van der Waals surface area contributed by atoms with Gasteiger partial charge in [-0.05, 0) is 66.5 Å². The number of esters is 1. The summed E-state index contributed by atoms with van der Waals surface area (Å²) in [5.41, 5.74) is 3.22. The average molecular weight is 421 g/mol.